The zero-order chi connectivity index (χ0) is 12.0. The fourth-order valence-corrected chi connectivity index (χ4v) is 1.67. The van der Waals surface area contributed by atoms with Gasteiger partial charge in [0.25, 0.3) is 0 Å². The van der Waals surface area contributed by atoms with Gasteiger partial charge in [-0.3, -0.25) is 0 Å². The maximum Gasteiger partial charge on any atom is 0.123 e. The number of rotatable bonds is 6. The zero-order valence-corrected chi connectivity index (χ0v) is 10.4. The van der Waals surface area contributed by atoms with Gasteiger partial charge in [0, 0.05) is 6.54 Å². The summed E-state index contributed by atoms with van der Waals surface area (Å²) in [6.45, 7) is 4.70. The highest BCUT2D eigenvalue weighted by Crippen LogP contribution is 2.07. The molecule has 1 aromatic rings. The molecule has 16 heavy (non-hydrogen) atoms. The molecule has 3 heteroatoms. The predicted molar refractivity (Wildman–Crippen MR) is 66.0 cm³/mol. The Kier molecular flexibility index (Phi) is 5.43. The van der Waals surface area contributed by atoms with Crippen LogP contribution in [0.25, 0.3) is 0 Å². The summed E-state index contributed by atoms with van der Waals surface area (Å²) in [5, 5.41) is 3.32. The van der Waals surface area contributed by atoms with E-state index >= 15 is 0 Å². The zero-order valence-electron chi connectivity index (χ0n) is 10.4. The van der Waals surface area contributed by atoms with Gasteiger partial charge in [-0.25, -0.2) is 4.39 Å². The number of hydrogen-bond donors (Lipinski definition) is 1. The first kappa shape index (κ1) is 13.1. The lowest BCUT2D eigenvalue weighted by Crippen LogP contribution is -2.21. The average Bonchev–Trinajstić information content (AvgIpc) is 2.15. The highest BCUT2D eigenvalue weighted by molar-refractivity contribution is 5.23. The van der Waals surface area contributed by atoms with Crippen molar-refractivity contribution in [3.05, 3.63) is 35.1 Å². The van der Waals surface area contributed by atoms with Gasteiger partial charge in [0.05, 0.1) is 0 Å². The monoisotopic (exact) mass is 224 g/mol. The van der Waals surface area contributed by atoms with Gasteiger partial charge in [-0.15, -0.1) is 0 Å². The van der Waals surface area contributed by atoms with Gasteiger partial charge in [0.1, 0.15) is 5.82 Å². The maximum absolute atomic E-state index is 13.1. The van der Waals surface area contributed by atoms with Gasteiger partial charge in [-0.2, -0.15) is 0 Å². The number of nitrogens with one attached hydrogen (secondary N) is 1. The van der Waals surface area contributed by atoms with E-state index in [9.17, 15) is 4.39 Å². The van der Waals surface area contributed by atoms with E-state index in [-0.39, 0.29) is 5.82 Å². The molecule has 0 radical (unpaired) electrons. The Balaban J connectivity index is 2.26. The first-order valence-electron chi connectivity index (χ1n) is 5.69. The van der Waals surface area contributed by atoms with Crippen molar-refractivity contribution < 1.29 is 4.39 Å². The van der Waals surface area contributed by atoms with Crippen LogP contribution in [0.4, 0.5) is 4.39 Å². The molecule has 0 fully saturated rings. The quantitative estimate of drug-likeness (QED) is 0.745. The lowest BCUT2D eigenvalue weighted by atomic mass is 10.1. The molecule has 0 aromatic heterocycles. The van der Waals surface area contributed by atoms with Gasteiger partial charge in [-0.05, 0) is 63.8 Å². The largest absolute Gasteiger partial charge is 0.313 e. The minimum Gasteiger partial charge on any atom is -0.313 e. The molecule has 0 unspecified atom stereocenters. The fraction of sp³-hybridized carbons (Fsp3) is 0.538. The highest BCUT2D eigenvalue weighted by Gasteiger charge is 1.98. The Morgan fingerprint density at radius 3 is 2.62 bits per heavy atom. The fourth-order valence-electron chi connectivity index (χ4n) is 1.67. The molecule has 1 N–H and O–H groups in total. The van der Waals surface area contributed by atoms with Gasteiger partial charge < -0.3 is 10.2 Å². The van der Waals surface area contributed by atoms with E-state index < -0.39 is 0 Å². The summed E-state index contributed by atoms with van der Waals surface area (Å²) in [5.41, 5.74) is 1.99. The molecule has 90 valence electrons. The second-order valence-electron chi connectivity index (χ2n) is 4.47. The number of benzene rings is 1. The molecule has 0 aliphatic carbocycles. The Hall–Kier alpha value is -0.930. The third-order valence-electron chi connectivity index (χ3n) is 2.39. The Bertz CT molecular complexity index is 303. The van der Waals surface area contributed by atoms with Crippen LogP contribution in [0, 0.1) is 12.7 Å². The van der Waals surface area contributed by atoms with Crippen molar-refractivity contribution in [2.24, 2.45) is 0 Å². The SMILES string of the molecule is Cc1cc(F)cc(CNCCCN(C)C)c1. The van der Waals surface area contributed by atoms with Crippen LogP contribution in [0.15, 0.2) is 18.2 Å². The number of nitrogens with zero attached hydrogens (tertiary/aromatic N) is 1. The summed E-state index contributed by atoms with van der Waals surface area (Å²) >= 11 is 0. The van der Waals surface area contributed by atoms with Crippen molar-refractivity contribution in [3.8, 4) is 0 Å². The van der Waals surface area contributed by atoms with Crippen molar-refractivity contribution >= 4 is 0 Å². The second kappa shape index (κ2) is 6.61. The maximum atomic E-state index is 13.1. The molecule has 0 aliphatic heterocycles. The van der Waals surface area contributed by atoms with Crippen LogP contribution in [-0.2, 0) is 6.54 Å². The average molecular weight is 224 g/mol. The molecule has 2 nitrogen and oxygen atoms in total. The summed E-state index contributed by atoms with van der Waals surface area (Å²) in [4.78, 5) is 2.16. The van der Waals surface area contributed by atoms with Crippen molar-refractivity contribution in [1.29, 1.82) is 0 Å². The summed E-state index contributed by atoms with van der Waals surface area (Å²) in [5.74, 6) is -0.148. The Labute approximate surface area is 97.5 Å². The predicted octanol–water partition coefficient (Wildman–Crippen LogP) is 2.18. The van der Waals surface area contributed by atoms with Crippen LogP contribution in [-0.4, -0.2) is 32.1 Å². The van der Waals surface area contributed by atoms with Crippen LogP contribution in [0.3, 0.4) is 0 Å². The van der Waals surface area contributed by atoms with E-state index in [1.165, 1.54) is 0 Å². The molecule has 1 rings (SSSR count). The van der Waals surface area contributed by atoms with Crippen LogP contribution in [0.2, 0.25) is 0 Å². The van der Waals surface area contributed by atoms with E-state index in [0.29, 0.717) is 0 Å². The van der Waals surface area contributed by atoms with Crippen LogP contribution in [0.1, 0.15) is 17.5 Å². The first-order valence-corrected chi connectivity index (χ1v) is 5.69. The van der Waals surface area contributed by atoms with Crippen LogP contribution in [0.5, 0.6) is 0 Å². The molecule has 0 bridgehead atoms. The van der Waals surface area contributed by atoms with E-state index in [1.807, 2.05) is 13.0 Å². The summed E-state index contributed by atoms with van der Waals surface area (Å²) in [7, 11) is 4.13. The lowest BCUT2D eigenvalue weighted by molar-refractivity contribution is 0.394. The standard InChI is InChI=1S/C13H21FN2/c1-11-7-12(9-13(14)8-11)10-15-5-4-6-16(2)3/h7-9,15H,4-6,10H2,1-3H3. The summed E-state index contributed by atoms with van der Waals surface area (Å²) < 4.78 is 13.1. The molecule has 0 heterocycles. The molecule has 0 amide bonds. The topological polar surface area (TPSA) is 15.3 Å². The van der Waals surface area contributed by atoms with Crippen molar-refractivity contribution in [3.63, 3.8) is 0 Å². The molecule has 0 saturated heterocycles. The highest BCUT2D eigenvalue weighted by atomic mass is 19.1. The van der Waals surface area contributed by atoms with Gasteiger partial charge in [0.2, 0.25) is 0 Å². The van der Waals surface area contributed by atoms with Crippen molar-refractivity contribution in [2.75, 3.05) is 27.2 Å². The Morgan fingerprint density at radius 1 is 1.25 bits per heavy atom. The third kappa shape index (κ3) is 5.24. The number of halogens is 1. The van der Waals surface area contributed by atoms with Gasteiger partial charge >= 0.3 is 0 Å². The third-order valence-corrected chi connectivity index (χ3v) is 2.39. The van der Waals surface area contributed by atoms with Crippen LogP contribution < -0.4 is 5.32 Å². The van der Waals surface area contributed by atoms with Crippen molar-refractivity contribution in [1.82, 2.24) is 10.2 Å². The van der Waals surface area contributed by atoms with E-state index in [4.69, 9.17) is 0 Å². The molecule has 0 spiro atoms. The second-order valence-corrected chi connectivity index (χ2v) is 4.47. The molecular formula is C13H21FN2. The normalized spacial score (nSPS) is 11.1. The molecule has 0 aliphatic rings. The summed E-state index contributed by atoms with van der Waals surface area (Å²) in [6, 6.07) is 5.16. The van der Waals surface area contributed by atoms with Crippen LogP contribution >= 0.6 is 0 Å². The smallest absolute Gasteiger partial charge is 0.123 e. The number of aryl methyl sites for hydroxylation is 1. The summed E-state index contributed by atoms with van der Waals surface area (Å²) in [6.07, 6.45) is 1.11. The van der Waals surface area contributed by atoms with Crippen molar-refractivity contribution in [2.45, 2.75) is 19.9 Å². The van der Waals surface area contributed by atoms with E-state index in [1.54, 1.807) is 12.1 Å². The Morgan fingerprint density at radius 2 is 2.00 bits per heavy atom. The molecule has 0 atom stereocenters. The van der Waals surface area contributed by atoms with Gasteiger partial charge in [0.15, 0.2) is 0 Å². The first-order chi connectivity index (χ1) is 7.58. The number of hydrogen-bond acceptors (Lipinski definition) is 2. The molecule has 0 saturated carbocycles. The molecule has 1 aromatic carbocycles. The minimum absolute atomic E-state index is 0.148. The minimum atomic E-state index is -0.148. The molecular weight excluding hydrogens is 203 g/mol. The van der Waals surface area contributed by atoms with Gasteiger partial charge in [-0.1, -0.05) is 6.07 Å². The lowest BCUT2D eigenvalue weighted by Gasteiger charge is -2.10. The van der Waals surface area contributed by atoms with E-state index in [0.717, 1.165) is 37.2 Å². The van der Waals surface area contributed by atoms with E-state index in [2.05, 4.69) is 24.3 Å².